The van der Waals surface area contributed by atoms with Crippen LogP contribution in [0.4, 0.5) is 0 Å². The van der Waals surface area contributed by atoms with Crippen molar-refractivity contribution in [2.24, 2.45) is 0 Å². The van der Waals surface area contributed by atoms with E-state index in [9.17, 15) is 18.0 Å². The quantitative estimate of drug-likeness (QED) is 0.491. The van der Waals surface area contributed by atoms with Gasteiger partial charge < -0.3 is 14.7 Å². The zero-order valence-corrected chi connectivity index (χ0v) is 17.5. The summed E-state index contributed by atoms with van der Waals surface area (Å²) in [5.74, 6) is -2.99. The van der Waals surface area contributed by atoms with Gasteiger partial charge in [0.25, 0.3) is 10.1 Å². The largest absolute Gasteiger partial charge is 0.478 e. The molecule has 3 N–H and O–H groups in total. The molecule has 0 aliphatic heterocycles. The lowest BCUT2D eigenvalue weighted by Crippen LogP contribution is -2.59. The first-order chi connectivity index (χ1) is 12.1. The molecule has 0 saturated heterocycles. The summed E-state index contributed by atoms with van der Waals surface area (Å²) in [7, 11) is -4.64. The summed E-state index contributed by atoms with van der Waals surface area (Å²) >= 11 is 0. The van der Waals surface area contributed by atoms with Gasteiger partial charge >= 0.3 is 11.9 Å². The van der Waals surface area contributed by atoms with Crippen molar-refractivity contribution >= 4 is 22.1 Å². The van der Waals surface area contributed by atoms with Crippen LogP contribution < -0.4 is 0 Å². The van der Waals surface area contributed by atoms with Crippen LogP contribution in [-0.2, 0) is 10.1 Å². The Balaban J connectivity index is 0.000000541. The predicted octanol–water partition coefficient (Wildman–Crippen LogP) is 2.99. The fraction of sp³-hybridized carbons (Fsp3) is 0.556. The van der Waals surface area contributed by atoms with Gasteiger partial charge in [0.1, 0.15) is 0 Å². The van der Waals surface area contributed by atoms with Crippen LogP contribution in [0.2, 0.25) is 0 Å². The second-order valence-corrected chi connectivity index (χ2v) is 8.52. The SMILES string of the molecule is CC[N+](CC)(CC)C(C)(C)C.O=C(O)c1cc(C(=O)O)cc(S(=O)(=O)O)c1. The first-order valence-electron chi connectivity index (χ1n) is 8.60. The van der Waals surface area contributed by atoms with Gasteiger partial charge in [0.05, 0.1) is 41.2 Å². The van der Waals surface area contributed by atoms with Crippen LogP contribution in [0, 0.1) is 0 Å². The van der Waals surface area contributed by atoms with Crippen LogP contribution in [0.3, 0.4) is 0 Å². The summed E-state index contributed by atoms with van der Waals surface area (Å²) in [6.45, 7) is 17.6. The average molecular weight is 405 g/mol. The fourth-order valence-corrected chi connectivity index (χ4v) is 3.64. The zero-order chi connectivity index (χ0) is 21.6. The summed E-state index contributed by atoms with van der Waals surface area (Å²) in [5, 5.41) is 17.2. The highest BCUT2D eigenvalue weighted by atomic mass is 32.2. The Hall–Kier alpha value is -1.97. The Morgan fingerprint density at radius 1 is 0.889 bits per heavy atom. The van der Waals surface area contributed by atoms with E-state index in [0.29, 0.717) is 17.7 Å². The average Bonchev–Trinajstić information content (AvgIpc) is 2.55. The topological polar surface area (TPSA) is 129 Å². The molecule has 0 saturated carbocycles. The highest BCUT2D eigenvalue weighted by molar-refractivity contribution is 7.85. The number of benzene rings is 1. The number of carbonyl (C=O) groups is 2. The Bertz CT molecular complexity index is 735. The number of aromatic carboxylic acids is 2. The van der Waals surface area contributed by atoms with Crippen molar-refractivity contribution in [2.75, 3.05) is 19.6 Å². The Labute approximate surface area is 160 Å². The number of hydrogen-bond acceptors (Lipinski definition) is 4. The normalized spacial score (nSPS) is 12.1. The Kier molecular flexibility index (Phi) is 8.62. The minimum absolute atomic E-state index is 0.401. The van der Waals surface area contributed by atoms with Crippen molar-refractivity contribution in [2.45, 2.75) is 52.0 Å². The van der Waals surface area contributed by atoms with Crippen molar-refractivity contribution in [1.29, 1.82) is 0 Å². The van der Waals surface area contributed by atoms with E-state index in [1.54, 1.807) is 0 Å². The molecule has 8 nitrogen and oxygen atoms in total. The molecule has 1 rings (SSSR count). The van der Waals surface area contributed by atoms with Crippen LogP contribution >= 0.6 is 0 Å². The molecule has 0 spiro atoms. The third-order valence-corrected chi connectivity index (χ3v) is 5.77. The maximum atomic E-state index is 10.8. The van der Waals surface area contributed by atoms with Crippen molar-refractivity contribution in [1.82, 2.24) is 0 Å². The Morgan fingerprint density at radius 2 is 1.22 bits per heavy atom. The number of nitrogens with zero attached hydrogens (tertiary/aromatic N) is 1. The van der Waals surface area contributed by atoms with Crippen LogP contribution in [0.5, 0.6) is 0 Å². The molecule has 0 aliphatic rings. The first kappa shape index (κ1) is 25.0. The zero-order valence-electron chi connectivity index (χ0n) is 16.7. The molecule has 154 valence electrons. The maximum absolute atomic E-state index is 10.8. The van der Waals surface area contributed by atoms with E-state index < -0.39 is 38.1 Å². The highest BCUT2D eigenvalue weighted by Gasteiger charge is 2.35. The molecule has 0 atom stereocenters. The number of carboxylic acid groups (broad SMARTS) is 2. The van der Waals surface area contributed by atoms with Gasteiger partial charge in [0.15, 0.2) is 0 Å². The first-order valence-corrected chi connectivity index (χ1v) is 10.0. The standard InChI is InChI=1S/C10H24N.C8H6O7S/c1-7-11(8-2,9-3)10(4,5)6;9-7(10)4-1-5(8(11)12)3-6(2-4)16(13,14)15/h7-9H2,1-6H3;1-3H,(H,9,10)(H,11,12)(H,13,14,15)/q+1;. The van der Waals surface area contributed by atoms with E-state index >= 15 is 0 Å². The third-order valence-electron chi connectivity index (χ3n) is 4.94. The molecule has 1 aromatic rings. The van der Waals surface area contributed by atoms with Crippen LogP contribution in [0.1, 0.15) is 62.3 Å². The predicted molar refractivity (Wildman–Crippen MR) is 102 cm³/mol. The van der Waals surface area contributed by atoms with E-state index in [1.807, 2.05) is 0 Å². The summed E-state index contributed by atoms with van der Waals surface area (Å²) in [6.07, 6.45) is 0. The molecular weight excluding hydrogens is 374 g/mol. The number of hydrogen-bond donors (Lipinski definition) is 3. The molecule has 27 heavy (non-hydrogen) atoms. The van der Waals surface area contributed by atoms with Crippen molar-refractivity contribution in [3.05, 3.63) is 29.3 Å². The van der Waals surface area contributed by atoms with E-state index in [0.717, 1.165) is 6.07 Å². The van der Waals surface area contributed by atoms with E-state index in [4.69, 9.17) is 14.8 Å². The fourth-order valence-electron chi connectivity index (χ4n) is 3.09. The lowest BCUT2D eigenvalue weighted by molar-refractivity contribution is -0.966. The van der Waals surface area contributed by atoms with Crippen LogP contribution in [0.25, 0.3) is 0 Å². The smallest absolute Gasteiger partial charge is 0.335 e. The van der Waals surface area contributed by atoms with E-state index in [1.165, 1.54) is 24.1 Å². The third kappa shape index (κ3) is 6.60. The van der Waals surface area contributed by atoms with Gasteiger partial charge in [-0.05, 0) is 59.7 Å². The molecule has 0 aliphatic carbocycles. The lowest BCUT2D eigenvalue weighted by atomic mass is 10.0. The van der Waals surface area contributed by atoms with Gasteiger partial charge in [-0.25, -0.2) is 9.59 Å². The summed E-state index contributed by atoms with van der Waals surface area (Å²) in [5.41, 5.74) is -0.668. The summed E-state index contributed by atoms with van der Waals surface area (Å²) in [6, 6.07) is 2.13. The summed E-state index contributed by atoms with van der Waals surface area (Å²) < 4.78 is 31.4. The van der Waals surface area contributed by atoms with Gasteiger partial charge in [-0.2, -0.15) is 8.42 Å². The minimum atomic E-state index is -4.64. The molecule has 0 amide bonds. The molecule has 0 fully saturated rings. The molecular formula is C18H30NO7S+. The van der Waals surface area contributed by atoms with E-state index in [2.05, 4.69) is 41.5 Å². The molecule has 9 heteroatoms. The van der Waals surface area contributed by atoms with Crippen LogP contribution in [-0.4, -0.2) is 64.8 Å². The molecule has 0 bridgehead atoms. The maximum Gasteiger partial charge on any atom is 0.335 e. The van der Waals surface area contributed by atoms with Crippen LogP contribution in [0.15, 0.2) is 23.1 Å². The molecule has 0 aromatic heterocycles. The minimum Gasteiger partial charge on any atom is -0.478 e. The number of carboxylic acids is 2. The van der Waals surface area contributed by atoms with Gasteiger partial charge in [0.2, 0.25) is 0 Å². The monoisotopic (exact) mass is 404 g/mol. The van der Waals surface area contributed by atoms with Crippen molar-refractivity contribution in [3.8, 4) is 0 Å². The van der Waals surface area contributed by atoms with Gasteiger partial charge in [-0.15, -0.1) is 0 Å². The highest BCUT2D eigenvalue weighted by Crippen LogP contribution is 2.23. The van der Waals surface area contributed by atoms with Crippen molar-refractivity contribution in [3.63, 3.8) is 0 Å². The second kappa shape index (κ2) is 9.29. The molecule has 0 radical (unpaired) electrons. The van der Waals surface area contributed by atoms with Crippen molar-refractivity contribution < 1.29 is 37.3 Å². The molecule has 1 aromatic carbocycles. The number of rotatable bonds is 6. The van der Waals surface area contributed by atoms with Gasteiger partial charge in [0, 0.05) is 0 Å². The molecule has 0 unspecified atom stereocenters. The number of quaternary nitrogens is 1. The Morgan fingerprint density at radius 3 is 1.37 bits per heavy atom. The van der Waals surface area contributed by atoms with Gasteiger partial charge in [-0.1, -0.05) is 0 Å². The second-order valence-electron chi connectivity index (χ2n) is 7.10. The summed E-state index contributed by atoms with van der Waals surface area (Å²) in [4.78, 5) is 20.4. The van der Waals surface area contributed by atoms with E-state index in [-0.39, 0.29) is 0 Å². The van der Waals surface area contributed by atoms with Gasteiger partial charge in [-0.3, -0.25) is 4.55 Å². The lowest BCUT2D eigenvalue weighted by Gasteiger charge is -2.47. The molecule has 0 heterocycles.